The van der Waals surface area contributed by atoms with E-state index < -0.39 is 11.9 Å². The van der Waals surface area contributed by atoms with Gasteiger partial charge in [-0.05, 0) is 25.3 Å². The van der Waals surface area contributed by atoms with Crippen LogP contribution in [0.2, 0.25) is 0 Å². The Kier molecular flexibility index (Phi) is 3.52. The molecular weight excluding hydrogens is 283 g/mol. The van der Waals surface area contributed by atoms with Gasteiger partial charge in [-0.25, -0.2) is 9.97 Å². The third kappa shape index (κ3) is 2.98. The van der Waals surface area contributed by atoms with Gasteiger partial charge in [0.15, 0.2) is 0 Å². The molecule has 8 heteroatoms. The van der Waals surface area contributed by atoms with E-state index in [9.17, 15) is 13.2 Å². The molecule has 0 spiro atoms. The lowest BCUT2D eigenvalue weighted by molar-refractivity contribution is -0.141. The van der Waals surface area contributed by atoms with Crippen molar-refractivity contribution in [2.45, 2.75) is 38.5 Å². The highest BCUT2D eigenvalue weighted by Gasteiger charge is 2.32. The van der Waals surface area contributed by atoms with E-state index >= 15 is 0 Å². The van der Waals surface area contributed by atoms with Gasteiger partial charge >= 0.3 is 6.18 Å². The molecule has 0 aliphatic carbocycles. The second-order valence-corrected chi connectivity index (χ2v) is 4.91. The van der Waals surface area contributed by atoms with Crippen LogP contribution in [0.3, 0.4) is 0 Å². The molecule has 1 aliphatic heterocycles. The molecule has 5 nitrogen and oxygen atoms in total. The Balaban J connectivity index is 1.72. The molecule has 2 aromatic rings. The Labute approximate surface area is 119 Å². The molecule has 2 aromatic heterocycles. The lowest BCUT2D eigenvalue weighted by Gasteiger charge is -2.15. The number of fused-ring (bicyclic) bond motifs is 1. The summed E-state index contributed by atoms with van der Waals surface area (Å²) in [6.07, 6.45) is 1.56. The van der Waals surface area contributed by atoms with Gasteiger partial charge in [-0.15, -0.1) is 0 Å². The van der Waals surface area contributed by atoms with Gasteiger partial charge in [0.1, 0.15) is 5.69 Å². The minimum absolute atomic E-state index is 0.0272. The van der Waals surface area contributed by atoms with Gasteiger partial charge in [0, 0.05) is 30.5 Å². The fourth-order valence-electron chi connectivity index (χ4n) is 2.41. The van der Waals surface area contributed by atoms with Crippen LogP contribution in [0.4, 0.5) is 19.1 Å². The first kappa shape index (κ1) is 13.8. The second kappa shape index (κ2) is 5.34. The van der Waals surface area contributed by atoms with Crippen LogP contribution in [0, 0.1) is 0 Å². The van der Waals surface area contributed by atoms with Gasteiger partial charge in [-0.1, -0.05) is 0 Å². The summed E-state index contributed by atoms with van der Waals surface area (Å²) in [5, 5.41) is 7.12. The summed E-state index contributed by atoms with van der Waals surface area (Å²) >= 11 is 0. The van der Waals surface area contributed by atoms with Crippen LogP contribution in [0.15, 0.2) is 18.5 Å². The van der Waals surface area contributed by atoms with Crippen LogP contribution >= 0.6 is 0 Å². The van der Waals surface area contributed by atoms with E-state index in [2.05, 4.69) is 20.4 Å². The maximum atomic E-state index is 12.6. The number of alkyl halides is 3. The quantitative estimate of drug-likeness (QED) is 0.946. The molecule has 0 atom stereocenters. The van der Waals surface area contributed by atoms with Crippen molar-refractivity contribution < 1.29 is 13.2 Å². The van der Waals surface area contributed by atoms with Crippen molar-refractivity contribution in [3.63, 3.8) is 0 Å². The van der Waals surface area contributed by atoms with Crippen LogP contribution in [-0.2, 0) is 25.7 Å². The average Bonchev–Trinajstić information content (AvgIpc) is 2.88. The highest BCUT2D eigenvalue weighted by atomic mass is 19.4. The van der Waals surface area contributed by atoms with Gasteiger partial charge < -0.3 is 5.32 Å². The van der Waals surface area contributed by atoms with Crippen molar-refractivity contribution >= 4 is 5.95 Å². The fraction of sp³-hybridized carbons (Fsp3) is 0.462. The van der Waals surface area contributed by atoms with Crippen LogP contribution < -0.4 is 5.32 Å². The van der Waals surface area contributed by atoms with Crippen molar-refractivity contribution in [3.8, 4) is 0 Å². The van der Waals surface area contributed by atoms with Crippen LogP contribution in [0.25, 0.3) is 0 Å². The zero-order valence-corrected chi connectivity index (χ0v) is 11.2. The molecule has 0 radical (unpaired) electrons. The van der Waals surface area contributed by atoms with E-state index in [1.165, 1.54) is 0 Å². The van der Waals surface area contributed by atoms with Gasteiger partial charge in [0.25, 0.3) is 0 Å². The van der Waals surface area contributed by atoms with E-state index in [1.54, 1.807) is 6.20 Å². The minimum Gasteiger partial charge on any atom is -0.350 e. The first-order valence-corrected chi connectivity index (χ1v) is 6.72. The Bertz CT molecular complexity index is 635. The predicted molar refractivity (Wildman–Crippen MR) is 69.5 cm³/mol. The zero-order valence-electron chi connectivity index (χ0n) is 11.2. The SMILES string of the molecule is FC(F)(F)c1ccnc(NCc2cnn3c2CCCC3)n1. The van der Waals surface area contributed by atoms with E-state index in [1.807, 2.05) is 4.68 Å². The molecule has 0 saturated carbocycles. The van der Waals surface area contributed by atoms with Gasteiger partial charge in [0.05, 0.1) is 6.20 Å². The number of nitrogens with zero attached hydrogens (tertiary/aromatic N) is 4. The van der Waals surface area contributed by atoms with Gasteiger partial charge in [-0.2, -0.15) is 18.3 Å². The van der Waals surface area contributed by atoms with Crippen LogP contribution in [0.5, 0.6) is 0 Å². The second-order valence-electron chi connectivity index (χ2n) is 4.91. The lowest BCUT2D eigenvalue weighted by Crippen LogP contribution is -2.14. The summed E-state index contributed by atoms with van der Waals surface area (Å²) in [5.41, 5.74) is 1.17. The summed E-state index contributed by atoms with van der Waals surface area (Å²) in [6, 6.07) is 0.854. The lowest BCUT2D eigenvalue weighted by atomic mass is 10.1. The molecule has 0 saturated heterocycles. The molecule has 0 unspecified atom stereocenters. The first-order chi connectivity index (χ1) is 10.0. The number of aromatic nitrogens is 4. The van der Waals surface area contributed by atoms with Gasteiger partial charge in [-0.3, -0.25) is 4.68 Å². The van der Waals surface area contributed by atoms with Crippen molar-refractivity contribution in [3.05, 3.63) is 35.4 Å². The topological polar surface area (TPSA) is 55.6 Å². The summed E-state index contributed by atoms with van der Waals surface area (Å²) < 4.78 is 39.7. The number of hydrogen-bond donors (Lipinski definition) is 1. The van der Waals surface area contributed by atoms with Crippen molar-refractivity contribution in [1.82, 2.24) is 19.7 Å². The number of hydrogen-bond acceptors (Lipinski definition) is 4. The van der Waals surface area contributed by atoms with E-state index in [-0.39, 0.29) is 5.95 Å². The van der Waals surface area contributed by atoms with E-state index in [0.717, 1.165) is 49.3 Å². The number of anilines is 1. The Morgan fingerprint density at radius 2 is 2.14 bits per heavy atom. The molecule has 112 valence electrons. The zero-order chi connectivity index (χ0) is 14.9. The summed E-state index contributed by atoms with van der Waals surface area (Å²) in [6.45, 7) is 1.27. The molecule has 3 heterocycles. The average molecular weight is 297 g/mol. The maximum Gasteiger partial charge on any atom is 0.433 e. The Hall–Kier alpha value is -2.12. The fourth-order valence-corrected chi connectivity index (χ4v) is 2.41. The Morgan fingerprint density at radius 1 is 1.29 bits per heavy atom. The number of halogens is 3. The van der Waals surface area contributed by atoms with Crippen LogP contribution in [0.1, 0.15) is 29.8 Å². The van der Waals surface area contributed by atoms with E-state index in [0.29, 0.717) is 6.54 Å². The summed E-state index contributed by atoms with van der Waals surface area (Å²) in [4.78, 5) is 7.30. The van der Waals surface area contributed by atoms with Crippen molar-refractivity contribution in [2.24, 2.45) is 0 Å². The van der Waals surface area contributed by atoms with Gasteiger partial charge in [0.2, 0.25) is 5.95 Å². The molecule has 0 fully saturated rings. The largest absolute Gasteiger partial charge is 0.433 e. The minimum atomic E-state index is -4.46. The third-order valence-electron chi connectivity index (χ3n) is 3.45. The van der Waals surface area contributed by atoms with Crippen molar-refractivity contribution in [2.75, 3.05) is 5.32 Å². The third-order valence-corrected chi connectivity index (χ3v) is 3.45. The van der Waals surface area contributed by atoms with Crippen molar-refractivity contribution in [1.29, 1.82) is 0 Å². The highest BCUT2D eigenvalue weighted by Crippen LogP contribution is 2.27. The molecule has 21 heavy (non-hydrogen) atoms. The molecule has 1 aliphatic rings. The highest BCUT2D eigenvalue weighted by molar-refractivity contribution is 5.30. The number of nitrogens with one attached hydrogen (secondary N) is 1. The maximum absolute atomic E-state index is 12.6. The summed E-state index contributed by atoms with van der Waals surface area (Å²) in [7, 11) is 0. The molecule has 0 amide bonds. The Morgan fingerprint density at radius 3 is 2.95 bits per heavy atom. The normalized spacial score (nSPS) is 14.8. The molecule has 1 N–H and O–H groups in total. The first-order valence-electron chi connectivity index (χ1n) is 6.72. The predicted octanol–water partition coefficient (Wildman–Crippen LogP) is 2.64. The monoisotopic (exact) mass is 297 g/mol. The molecule has 3 rings (SSSR count). The smallest absolute Gasteiger partial charge is 0.350 e. The number of rotatable bonds is 3. The van der Waals surface area contributed by atoms with E-state index in [4.69, 9.17) is 0 Å². The summed E-state index contributed by atoms with van der Waals surface area (Å²) in [5.74, 6) is -0.0272. The van der Waals surface area contributed by atoms with Crippen LogP contribution in [-0.4, -0.2) is 19.7 Å². The number of aryl methyl sites for hydroxylation is 1. The molecule has 0 bridgehead atoms. The molecule has 0 aromatic carbocycles. The molecular formula is C13H14F3N5. The standard InChI is InChI=1S/C13H14F3N5/c14-13(15,16)11-4-5-17-12(20-11)18-7-9-8-19-21-6-2-1-3-10(9)21/h4-5,8H,1-3,6-7H2,(H,17,18,20).